The van der Waals surface area contributed by atoms with Crippen LogP contribution in [0.15, 0.2) is 36.4 Å². The summed E-state index contributed by atoms with van der Waals surface area (Å²) in [6.45, 7) is 12.5. The fourth-order valence-electron chi connectivity index (χ4n) is 5.41. The van der Waals surface area contributed by atoms with Crippen molar-refractivity contribution < 1.29 is 9.59 Å². The predicted molar refractivity (Wildman–Crippen MR) is 137 cm³/mol. The van der Waals surface area contributed by atoms with Crippen LogP contribution in [0.3, 0.4) is 0 Å². The number of nitrogens with zero attached hydrogens (tertiary/aromatic N) is 4. The molecule has 2 aliphatic heterocycles. The minimum atomic E-state index is -0.169. The number of carbonyl (C=O) groups excluding carboxylic acids is 2. The molecule has 2 unspecified atom stereocenters. The highest BCUT2D eigenvalue weighted by Gasteiger charge is 2.56. The first-order valence-corrected chi connectivity index (χ1v) is 12.7. The average molecular weight is 475 g/mol. The summed E-state index contributed by atoms with van der Waals surface area (Å²) in [6.07, 6.45) is 0. The van der Waals surface area contributed by atoms with E-state index in [9.17, 15) is 9.59 Å². The van der Waals surface area contributed by atoms with Gasteiger partial charge in [-0.05, 0) is 60.0 Å². The number of benzene rings is 1. The number of piperazine rings is 1. The number of amides is 2. The largest absolute Gasteiger partial charge is 0.354 e. The van der Waals surface area contributed by atoms with Crippen LogP contribution >= 0.6 is 0 Å². The average Bonchev–Trinajstić information content (AvgIpc) is 3.30. The zero-order valence-electron chi connectivity index (χ0n) is 21.3. The number of hydrogen-bond donors (Lipinski definition) is 1. The maximum absolute atomic E-state index is 12.9. The summed E-state index contributed by atoms with van der Waals surface area (Å²) < 4.78 is 0. The molecule has 7 heteroatoms. The van der Waals surface area contributed by atoms with Crippen LogP contribution in [0, 0.1) is 23.8 Å². The molecule has 0 bridgehead atoms. The summed E-state index contributed by atoms with van der Waals surface area (Å²) in [4.78, 5) is 36.7. The fourth-order valence-corrected chi connectivity index (χ4v) is 5.41. The Morgan fingerprint density at radius 2 is 1.69 bits per heavy atom. The van der Waals surface area contributed by atoms with Gasteiger partial charge in [0.05, 0.1) is 0 Å². The lowest BCUT2D eigenvalue weighted by molar-refractivity contribution is 0.0764. The Hall–Kier alpha value is -2.93. The Kier molecular flexibility index (Phi) is 6.30. The second-order valence-electron chi connectivity index (χ2n) is 11.3. The van der Waals surface area contributed by atoms with Crippen molar-refractivity contribution in [3.8, 4) is 0 Å². The molecular formula is C28H36N5O2. The summed E-state index contributed by atoms with van der Waals surface area (Å²) in [6, 6.07) is 14.7. The van der Waals surface area contributed by atoms with Crippen molar-refractivity contribution in [1.82, 2.24) is 20.1 Å². The van der Waals surface area contributed by atoms with Gasteiger partial charge in [-0.15, -0.1) is 0 Å². The van der Waals surface area contributed by atoms with Gasteiger partial charge in [0, 0.05) is 57.4 Å². The second-order valence-corrected chi connectivity index (χ2v) is 11.3. The van der Waals surface area contributed by atoms with Crippen LogP contribution in [0.5, 0.6) is 0 Å². The SMILES string of the molecule is CN1CCN(c2cc[c]c(C(=O)NCC3C4CN(C(=O)c5ccc(C(C)(C)C)cc5)CC34)n2)CC1. The van der Waals surface area contributed by atoms with E-state index in [0.29, 0.717) is 30.0 Å². The lowest BCUT2D eigenvalue weighted by Crippen LogP contribution is -2.45. The van der Waals surface area contributed by atoms with Crippen molar-refractivity contribution in [1.29, 1.82) is 0 Å². The normalized spacial score (nSPS) is 24.3. The van der Waals surface area contributed by atoms with Crippen molar-refractivity contribution in [3.05, 3.63) is 59.3 Å². The molecule has 1 N–H and O–H groups in total. The number of anilines is 1. The molecule has 2 atom stereocenters. The third-order valence-electron chi connectivity index (χ3n) is 7.88. The molecule has 185 valence electrons. The minimum Gasteiger partial charge on any atom is -0.354 e. The molecule has 0 spiro atoms. The molecule has 35 heavy (non-hydrogen) atoms. The molecule has 1 radical (unpaired) electrons. The number of piperidine rings is 1. The molecule has 2 amide bonds. The van der Waals surface area contributed by atoms with Crippen molar-refractivity contribution in [2.24, 2.45) is 17.8 Å². The smallest absolute Gasteiger partial charge is 0.270 e. The molecule has 5 rings (SSSR count). The Morgan fingerprint density at radius 3 is 2.31 bits per heavy atom. The van der Waals surface area contributed by atoms with E-state index in [0.717, 1.165) is 50.6 Å². The van der Waals surface area contributed by atoms with Gasteiger partial charge in [-0.1, -0.05) is 32.9 Å². The molecule has 3 aliphatic rings. The molecule has 2 saturated heterocycles. The van der Waals surface area contributed by atoms with E-state index in [1.807, 2.05) is 23.1 Å². The van der Waals surface area contributed by atoms with Gasteiger partial charge >= 0.3 is 0 Å². The van der Waals surface area contributed by atoms with Gasteiger partial charge < -0.3 is 20.0 Å². The Bertz CT molecular complexity index is 1070. The van der Waals surface area contributed by atoms with Gasteiger partial charge in [-0.3, -0.25) is 9.59 Å². The fraction of sp³-hybridized carbons (Fsp3) is 0.536. The molecule has 1 aromatic carbocycles. The van der Waals surface area contributed by atoms with Crippen LogP contribution in [0.1, 0.15) is 47.2 Å². The number of likely N-dealkylation sites (tertiary alicyclic amines) is 1. The highest BCUT2D eigenvalue weighted by molar-refractivity contribution is 5.94. The first kappa shape index (κ1) is 23.8. The van der Waals surface area contributed by atoms with E-state index >= 15 is 0 Å². The van der Waals surface area contributed by atoms with Gasteiger partial charge in [0.1, 0.15) is 11.5 Å². The lowest BCUT2D eigenvalue weighted by atomic mass is 9.86. The third kappa shape index (κ3) is 5.06. The van der Waals surface area contributed by atoms with Crippen molar-refractivity contribution in [2.75, 3.05) is 57.8 Å². The van der Waals surface area contributed by atoms with E-state index in [2.05, 4.69) is 66.1 Å². The number of likely N-dealkylation sites (N-methyl/N-ethyl adjacent to an activating group) is 1. The quantitative estimate of drug-likeness (QED) is 0.722. The number of hydrogen-bond acceptors (Lipinski definition) is 5. The Labute approximate surface area is 208 Å². The zero-order valence-corrected chi connectivity index (χ0v) is 21.3. The topological polar surface area (TPSA) is 68.8 Å². The van der Waals surface area contributed by atoms with E-state index in [1.54, 1.807) is 6.07 Å². The van der Waals surface area contributed by atoms with Gasteiger partial charge in [0.15, 0.2) is 0 Å². The summed E-state index contributed by atoms with van der Waals surface area (Å²) in [5.41, 5.74) is 2.41. The summed E-state index contributed by atoms with van der Waals surface area (Å²) in [7, 11) is 2.12. The lowest BCUT2D eigenvalue weighted by Gasteiger charge is -2.33. The van der Waals surface area contributed by atoms with Crippen LogP contribution in [0.2, 0.25) is 0 Å². The summed E-state index contributed by atoms with van der Waals surface area (Å²) in [5.74, 6) is 2.17. The van der Waals surface area contributed by atoms with Crippen LogP contribution in [-0.4, -0.2) is 79.5 Å². The number of aromatic nitrogens is 1. The number of fused-ring (bicyclic) bond motifs is 1. The molecule has 2 aromatic rings. The highest BCUT2D eigenvalue weighted by atomic mass is 16.2. The van der Waals surface area contributed by atoms with Gasteiger partial charge in [-0.2, -0.15) is 0 Å². The van der Waals surface area contributed by atoms with E-state index in [-0.39, 0.29) is 17.2 Å². The predicted octanol–water partition coefficient (Wildman–Crippen LogP) is 2.68. The maximum atomic E-state index is 12.9. The zero-order chi connectivity index (χ0) is 24.7. The molecule has 1 saturated carbocycles. The summed E-state index contributed by atoms with van der Waals surface area (Å²) >= 11 is 0. The maximum Gasteiger partial charge on any atom is 0.270 e. The molecule has 1 aliphatic carbocycles. The Morgan fingerprint density at radius 1 is 1.03 bits per heavy atom. The molecular weight excluding hydrogens is 438 g/mol. The molecule has 1 aromatic heterocycles. The van der Waals surface area contributed by atoms with Crippen LogP contribution in [0.4, 0.5) is 5.82 Å². The summed E-state index contributed by atoms with van der Waals surface area (Å²) in [5, 5.41) is 3.06. The number of rotatable bonds is 5. The highest BCUT2D eigenvalue weighted by Crippen LogP contribution is 2.51. The van der Waals surface area contributed by atoms with E-state index in [4.69, 9.17) is 0 Å². The van der Waals surface area contributed by atoms with Gasteiger partial charge in [0.25, 0.3) is 11.8 Å². The van der Waals surface area contributed by atoms with E-state index < -0.39 is 0 Å². The Balaban J connectivity index is 1.10. The van der Waals surface area contributed by atoms with Crippen molar-refractivity contribution in [3.63, 3.8) is 0 Å². The third-order valence-corrected chi connectivity index (χ3v) is 7.88. The standard InChI is InChI=1S/C28H36N5O2/c1-28(2,3)20-10-8-19(9-11-20)27(35)33-17-22-21(23(22)18-33)16-29-26(34)24-6-5-7-25(30-24)32-14-12-31(4)13-15-32/h5,7-11,21-23H,12-18H2,1-4H3,(H,29,34). The number of pyridine rings is 1. The van der Waals surface area contributed by atoms with E-state index in [1.165, 1.54) is 5.56 Å². The van der Waals surface area contributed by atoms with Crippen LogP contribution in [-0.2, 0) is 5.41 Å². The molecule has 3 heterocycles. The molecule has 7 nitrogen and oxygen atoms in total. The van der Waals surface area contributed by atoms with Gasteiger partial charge in [0.2, 0.25) is 0 Å². The first-order valence-electron chi connectivity index (χ1n) is 12.7. The van der Waals surface area contributed by atoms with Crippen LogP contribution < -0.4 is 10.2 Å². The van der Waals surface area contributed by atoms with Crippen LogP contribution in [0.25, 0.3) is 0 Å². The monoisotopic (exact) mass is 474 g/mol. The number of carbonyl (C=O) groups is 2. The first-order chi connectivity index (χ1) is 16.7. The number of nitrogens with one attached hydrogen (secondary N) is 1. The van der Waals surface area contributed by atoms with Crippen molar-refractivity contribution >= 4 is 17.6 Å². The second kappa shape index (κ2) is 9.26. The molecule has 3 fully saturated rings. The minimum absolute atomic E-state index is 0.0771. The van der Waals surface area contributed by atoms with Gasteiger partial charge in [-0.25, -0.2) is 4.98 Å². The van der Waals surface area contributed by atoms with Crippen molar-refractivity contribution in [2.45, 2.75) is 26.2 Å².